The van der Waals surface area contributed by atoms with E-state index in [-0.39, 0.29) is 11.5 Å². The number of ether oxygens (including phenoxy) is 1. The summed E-state index contributed by atoms with van der Waals surface area (Å²) in [5.74, 6) is 0.149. The summed E-state index contributed by atoms with van der Waals surface area (Å²) >= 11 is 0. The number of hydrogen-bond donors (Lipinski definition) is 1. The summed E-state index contributed by atoms with van der Waals surface area (Å²) in [6.45, 7) is 6.73. The lowest BCUT2D eigenvalue weighted by Gasteiger charge is -2.11. The summed E-state index contributed by atoms with van der Waals surface area (Å²) in [6, 6.07) is 10.4. The number of aromatic nitrogens is 3. The minimum atomic E-state index is -3.57. The van der Waals surface area contributed by atoms with Crippen molar-refractivity contribution in [2.24, 2.45) is 0 Å². The molecular weight excluding hydrogens is 440 g/mol. The summed E-state index contributed by atoms with van der Waals surface area (Å²) in [5.41, 5.74) is 4.99. The molecule has 4 aromatic rings. The number of aryl methyl sites for hydroxylation is 3. The monoisotopic (exact) mass is 468 g/mol. The van der Waals surface area contributed by atoms with E-state index in [0.29, 0.717) is 23.4 Å². The molecule has 0 aliphatic carbocycles. The minimum Gasteiger partial charge on any atom is -0.454 e. The number of benzene rings is 2. The Hall–Kier alpha value is -3.17. The Morgan fingerprint density at radius 2 is 1.91 bits per heavy atom. The van der Waals surface area contributed by atoms with Crippen LogP contribution in [0, 0.1) is 13.8 Å². The van der Waals surface area contributed by atoms with Crippen LogP contribution in [-0.4, -0.2) is 47.3 Å². The summed E-state index contributed by atoms with van der Waals surface area (Å²) < 4.78 is 33.8. The maximum Gasteiger partial charge on any atom is 0.338 e. The Morgan fingerprint density at radius 1 is 1.15 bits per heavy atom. The number of carbonyl (C=O) groups is 1. The fraction of sp³-hybridized carbons (Fsp3) is 0.333. The van der Waals surface area contributed by atoms with Crippen LogP contribution in [0.4, 0.5) is 0 Å². The third-order valence-electron chi connectivity index (χ3n) is 5.90. The number of esters is 1. The Labute approximate surface area is 193 Å². The summed E-state index contributed by atoms with van der Waals surface area (Å²) in [7, 11) is -0.582. The van der Waals surface area contributed by atoms with E-state index in [9.17, 15) is 13.2 Å². The summed E-state index contributed by atoms with van der Waals surface area (Å²) in [4.78, 5) is 20.8. The zero-order valence-corrected chi connectivity index (χ0v) is 20.3. The van der Waals surface area contributed by atoms with Crippen LogP contribution in [0.25, 0.3) is 21.9 Å². The molecule has 0 saturated heterocycles. The van der Waals surface area contributed by atoms with Crippen molar-refractivity contribution >= 4 is 37.9 Å². The van der Waals surface area contributed by atoms with Gasteiger partial charge in [-0.05, 0) is 62.2 Å². The molecule has 2 heterocycles. The molecule has 174 valence electrons. The topological polar surface area (TPSA) is 97.3 Å². The number of nitrogens with one attached hydrogen (secondary N) is 1. The molecule has 0 amide bonds. The van der Waals surface area contributed by atoms with Crippen LogP contribution in [0.5, 0.6) is 0 Å². The zero-order valence-electron chi connectivity index (χ0n) is 19.5. The van der Waals surface area contributed by atoms with Gasteiger partial charge in [0.05, 0.1) is 21.5 Å². The van der Waals surface area contributed by atoms with Crippen LogP contribution in [0.3, 0.4) is 0 Å². The van der Waals surface area contributed by atoms with Crippen molar-refractivity contribution in [1.82, 2.24) is 18.8 Å². The highest BCUT2D eigenvalue weighted by Gasteiger charge is 2.20. The molecule has 0 fully saturated rings. The maximum absolute atomic E-state index is 12.8. The molecule has 0 aliphatic heterocycles. The Bertz CT molecular complexity index is 1460. The molecule has 4 rings (SSSR count). The first-order chi connectivity index (χ1) is 15.6. The van der Waals surface area contributed by atoms with Crippen molar-refractivity contribution in [2.75, 3.05) is 14.1 Å². The molecular formula is C24H28N4O4S. The predicted octanol–water partition coefficient (Wildman–Crippen LogP) is 4.15. The highest BCUT2D eigenvalue weighted by Crippen LogP contribution is 2.25. The van der Waals surface area contributed by atoms with Gasteiger partial charge in [0.2, 0.25) is 10.0 Å². The molecule has 2 aromatic heterocycles. The first kappa shape index (κ1) is 23.0. The van der Waals surface area contributed by atoms with E-state index < -0.39 is 16.0 Å². The van der Waals surface area contributed by atoms with Gasteiger partial charge in [0.1, 0.15) is 12.4 Å². The van der Waals surface area contributed by atoms with Crippen molar-refractivity contribution in [2.45, 2.75) is 45.2 Å². The number of imidazole rings is 1. The Kier molecular flexibility index (Phi) is 6.02. The number of aromatic amines is 1. The van der Waals surface area contributed by atoms with Crippen LogP contribution < -0.4 is 0 Å². The van der Waals surface area contributed by atoms with Gasteiger partial charge in [-0.25, -0.2) is 22.5 Å². The maximum atomic E-state index is 12.8. The molecule has 0 radical (unpaired) electrons. The lowest BCUT2D eigenvalue weighted by atomic mass is 10.1. The fourth-order valence-electron chi connectivity index (χ4n) is 3.92. The number of hydrogen-bond acceptors (Lipinski definition) is 5. The first-order valence-electron chi connectivity index (χ1n) is 10.8. The molecule has 2 aromatic carbocycles. The van der Waals surface area contributed by atoms with Crippen LogP contribution in [0.2, 0.25) is 0 Å². The van der Waals surface area contributed by atoms with Crippen LogP contribution in [0.1, 0.15) is 40.8 Å². The van der Waals surface area contributed by atoms with Crippen molar-refractivity contribution in [1.29, 1.82) is 0 Å². The fourth-order valence-corrected chi connectivity index (χ4v) is 4.84. The van der Waals surface area contributed by atoms with Crippen molar-refractivity contribution in [3.63, 3.8) is 0 Å². The van der Waals surface area contributed by atoms with Gasteiger partial charge >= 0.3 is 5.97 Å². The number of rotatable bonds is 7. The van der Waals surface area contributed by atoms with Gasteiger partial charge < -0.3 is 14.3 Å². The van der Waals surface area contributed by atoms with E-state index in [1.807, 2.05) is 37.5 Å². The molecule has 9 heteroatoms. The number of H-pyrrole nitrogens is 1. The second-order valence-corrected chi connectivity index (χ2v) is 10.5. The Morgan fingerprint density at radius 3 is 2.61 bits per heavy atom. The van der Waals surface area contributed by atoms with Crippen LogP contribution >= 0.6 is 0 Å². The van der Waals surface area contributed by atoms with E-state index in [1.165, 1.54) is 18.4 Å². The molecule has 0 bridgehead atoms. The lowest BCUT2D eigenvalue weighted by molar-refractivity contribution is 0.0458. The zero-order chi connectivity index (χ0) is 23.9. The van der Waals surface area contributed by atoms with Crippen molar-refractivity contribution < 1.29 is 17.9 Å². The van der Waals surface area contributed by atoms with E-state index in [1.54, 1.807) is 24.3 Å². The van der Waals surface area contributed by atoms with Gasteiger partial charge in [0.15, 0.2) is 0 Å². The van der Waals surface area contributed by atoms with E-state index in [4.69, 9.17) is 4.74 Å². The third kappa shape index (κ3) is 4.14. The molecule has 8 nitrogen and oxygen atoms in total. The van der Waals surface area contributed by atoms with Crippen molar-refractivity contribution in [3.8, 4) is 0 Å². The van der Waals surface area contributed by atoms with Gasteiger partial charge in [-0.15, -0.1) is 0 Å². The van der Waals surface area contributed by atoms with E-state index in [2.05, 4.69) is 9.97 Å². The average molecular weight is 469 g/mol. The van der Waals surface area contributed by atoms with Crippen LogP contribution in [-0.2, 0) is 27.9 Å². The first-order valence-corrected chi connectivity index (χ1v) is 12.2. The molecule has 0 saturated carbocycles. The number of carbonyl (C=O) groups excluding carboxylic acids is 1. The van der Waals surface area contributed by atoms with Gasteiger partial charge in [-0.3, -0.25) is 0 Å². The predicted molar refractivity (Wildman–Crippen MR) is 128 cm³/mol. The molecule has 0 spiro atoms. The molecule has 0 aliphatic rings. The normalized spacial score (nSPS) is 12.2. The quantitative estimate of drug-likeness (QED) is 0.411. The highest BCUT2D eigenvalue weighted by atomic mass is 32.2. The largest absolute Gasteiger partial charge is 0.454 e. The second kappa shape index (κ2) is 8.64. The van der Waals surface area contributed by atoms with Gasteiger partial charge in [0.25, 0.3) is 0 Å². The van der Waals surface area contributed by atoms with Gasteiger partial charge in [0, 0.05) is 37.2 Å². The minimum absolute atomic E-state index is 0.00748. The molecule has 0 unspecified atom stereocenters. The molecule has 1 N–H and O–H groups in total. The number of fused-ring (bicyclic) bond motifs is 2. The SMILES string of the molecule is CCCn1c(COC(=O)c2ccc3[nH]c(C)c(C)c3c2)nc2cc(S(=O)(=O)N(C)C)ccc21. The summed E-state index contributed by atoms with van der Waals surface area (Å²) in [6.07, 6.45) is 0.854. The smallest absolute Gasteiger partial charge is 0.338 e. The third-order valence-corrected chi connectivity index (χ3v) is 7.71. The highest BCUT2D eigenvalue weighted by molar-refractivity contribution is 7.89. The second-order valence-electron chi connectivity index (χ2n) is 8.33. The summed E-state index contributed by atoms with van der Waals surface area (Å²) in [5, 5.41) is 0.995. The standard InChI is InChI=1S/C24H28N4O4S/c1-6-11-28-22-10-8-18(33(30,31)27(4)5)13-21(22)26-23(28)14-32-24(29)17-7-9-20-19(12-17)15(2)16(3)25-20/h7-10,12-13,25H,6,11,14H2,1-5H3. The average Bonchev–Trinajstić information content (AvgIpc) is 3.28. The Balaban J connectivity index is 1.63. The molecule has 0 atom stereocenters. The van der Waals surface area contributed by atoms with E-state index in [0.717, 1.165) is 34.1 Å². The lowest BCUT2D eigenvalue weighted by Crippen LogP contribution is -2.22. The molecule has 33 heavy (non-hydrogen) atoms. The van der Waals surface area contributed by atoms with Gasteiger partial charge in [-0.1, -0.05) is 6.92 Å². The van der Waals surface area contributed by atoms with Gasteiger partial charge in [-0.2, -0.15) is 0 Å². The number of sulfonamides is 1. The van der Waals surface area contributed by atoms with E-state index >= 15 is 0 Å². The number of nitrogens with zero attached hydrogens (tertiary/aromatic N) is 3. The van der Waals surface area contributed by atoms with Crippen LogP contribution in [0.15, 0.2) is 41.3 Å². The van der Waals surface area contributed by atoms with Crippen molar-refractivity contribution in [3.05, 3.63) is 59.0 Å².